The Morgan fingerprint density at radius 3 is 3.07 bits per heavy atom. The van der Waals surface area contributed by atoms with Gasteiger partial charge in [-0.25, -0.2) is 0 Å². The second kappa shape index (κ2) is 4.02. The van der Waals surface area contributed by atoms with Gasteiger partial charge in [-0.15, -0.1) is 0 Å². The fourth-order valence-electron chi connectivity index (χ4n) is 1.58. The average Bonchev–Trinajstić information content (AvgIpc) is 2.92. The number of nitrogens with two attached hydrogens (primary N) is 1. The van der Waals surface area contributed by atoms with E-state index >= 15 is 0 Å². The van der Waals surface area contributed by atoms with Gasteiger partial charge in [0.05, 0.1) is 0 Å². The van der Waals surface area contributed by atoms with E-state index in [0.717, 1.165) is 18.5 Å². The van der Waals surface area contributed by atoms with Crippen molar-refractivity contribution in [2.45, 2.75) is 32.2 Å². The Morgan fingerprint density at radius 2 is 2.53 bits per heavy atom. The third-order valence-corrected chi connectivity index (χ3v) is 2.62. The summed E-state index contributed by atoms with van der Waals surface area (Å²) >= 11 is 0. The summed E-state index contributed by atoms with van der Waals surface area (Å²) in [7, 11) is 0. The molecule has 5 nitrogen and oxygen atoms in total. The van der Waals surface area contributed by atoms with Crippen LogP contribution < -0.4 is 11.1 Å². The molecular weight excluding hydrogens is 192 g/mol. The normalized spacial score (nSPS) is 17.5. The number of nitrogens with one attached hydrogen (secondary N) is 2. The highest BCUT2D eigenvalue weighted by molar-refractivity contribution is 5.90. The van der Waals surface area contributed by atoms with Gasteiger partial charge in [0.15, 0.2) is 5.82 Å². The third-order valence-electron chi connectivity index (χ3n) is 2.62. The van der Waals surface area contributed by atoms with Crippen LogP contribution in [0.2, 0.25) is 0 Å². The highest BCUT2D eigenvalue weighted by Gasteiger charge is 2.29. The van der Waals surface area contributed by atoms with Gasteiger partial charge in [-0.1, -0.05) is 0 Å². The van der Waals surface area contributed by atoms with Crippen molar-refractivity contribution in [3.8, 4) is 0 Å². The summed E-state index contributed by atoms with van der Waals surface area (Å²) in [5, 5.41) is 9.41. The number of aryl methyl sites for hydroxylation is 1. The molecule has 1 aromatic rings. The van der Waals surface area contributed by atoms with Crippen molar-refractivity contribution in [3.05, 3.63) is 11.8 Å². The number of hydrogen-bond donors (Lipinski definition) is 3. The molecule has 1 unspecified atom stereocenters. The lowest BCUT2D eigenvalue weighted by atomic mass is 10.1. The Morgan fingerprint density at radius 1 is 1.80 bits per heavy atom. The van der Waals surface area contributed by atoms with E-state index in [4.69, 9.17) is 5.73 Å². The maximum Gasteiger partial charge on any atom is 0.227 e. The van der Waals surface area contributed by atoms with Crippen molar-refractivity contribution in [2.24, 2.45) is 11.7 Å². The maximum absolute atomic E-state index is 11.5. The van der Waals surface area contributed by atoms with Crippen LogP contribution in [0, 0.1) is 12.8 Å². The van der Waals surface area contributed by atoms with Crippen LogP contribution in [0.15, 0.2) is 6.07 Å². The quantitative estimate of drug-likeness (QED) is 0.683. The maximum atomic E-state index is 11.5. The lowest BCUT2D eigenvalue weighted by molar-refractivity contribution is -0.116. The summed E-state index contributed by atoms with van der Waals surface area (Å²) in [5.74, 6) is 1.07. The van der Waals surface area contributed by atoms with Gasteiger partial charge >= 0.3 is 0 Å². The zero-order valence-electron chi connectivity index (χ0n) is 8.79. The fraction of sp³-hybridized carbons (Fsp3) is 0.600. The molecule has 1 aliphatic carbocycles. The first-order valence-electron chi connectivity index (χ1n) is 5.22. The molecule has 0 radical (unpaired) electrons. The van der Waals surface area contributed by atoms with E-state index in [1.807, 2.05) is 6.92 Å². The number of nitrogens with zero attached hydrogens (tertiary/aromatic N) is 1. The molecule has 4 N–H and O–H groups in total. The lowest BCUT2D eigenvalue weighted by Gasteiger charge is -2.08. The second-order valence-electron chi connectivity index (χ2n) is 4.19. The Balaban J connectivity index is 1.81. The monoisotopic (exact) mass is 208 g/mol. The van der Waals surface area contributed by atoms with Gasteiger partial charge in [-0.2, -0.15) is 5.10 Å². The molecule has 0 aliphatic heterocycles. The molecule has 1 saturated carbocycles. The molecule has 1 amide bonds. The molecule has 82 valence electrons. The summed E-state index contributed by atoms with van der Waals surface area (Å²) in [6.07, 6.45) is 2.71. The van der Waals surface area contributed by atoms with E-state index in [1.165, 1.54) is 0 Å². The molecule has 15 heavy (non-hydrogen) atoms. The summed E-state index contributed by atoms with van der Waals surface area (Å²) in [4.78, 5) is 11.5. The first kappa shape index (κ1) is 10.2. The number of H-pyrrole nitrogens is 1. The Kier molecular flexibility index (Phi) is 2.73. The predicted octanol–water partition coefficient (Wildman–Crippen LogP) is 0.784. The zero-order valence-corrected chi connectivity index (χ0v) is 8.79. The molecule has 1 heterocycles. The molecular formula is C10H16N4O. The number of carbonyl (C=O) groups is 1. The van der Waals surface area contributed by atoms with Crippen molar-refractivity contribution in [3.63, 3.8) is 0 Å². The average molecular weight is 208 g/mol. The topological polar surface area (TPSA) is 83.8 Å². The molecule has 1 atom stereocenters. The van der Waals surface area contributed by atoms with Crippen LogP contribution in [0.1, 0.15) is 25.0 Å². The van der Waals surface area contributed by atoms with Gasteiger partial charge in [0, 0.05) is 24.2 Å². The lowest BCUT2D eigenvalue weighted by Crippen LogP contribution is -2.28. The smallest absolute Gasteiger partial charge is 0.227 e. The van der Waals surface area contributed by atoms with Gasteiger partial charge in [0.1, 0.15) is 0 Å². The molecule has 2 rings (SSSR count). The second-order valence-corrected chi connectivity index (χ2v) is 4.19. The minimum atomic E-state index is -0.0547. The molecule has 1 aliphatic rings. The number of amides is 1. The van der Waals surface area contributed by atoms with Gasteiger partial charge < -0.3 is 11.1 Å². The summed E-state index contributed by atoms with van der Waals surface area (Å²) in [5.41, 5.74) is 6.78. The van der Waals surface area contributed by atoms with Crippen LogP contribution in [0.25, 0.3) is 0 Å². The number of aromatic nitrogens is 2. The van der Waals surface area contributed by atoms with Crippen LogP contribution in [0.4, 0.5) is 5.82 Å². The zero-order chi connectivity index (χ0) is 10.8. The van der Waals surface area contributed by atoms with Gasteiger partial charge in [-0.05, 0) is 25.7 Å². The molecule has 0 saturated heterocycles. The fourth-order valence-corrected chi connectivity index (χ4v) is 1.58. The molecule has 0 aromatic carbocycles. The number of rotatable bonds is 4. The first-order valence-corrected chi connectivity index (χ1v) is 5.22. The van der Waals surface area contributed by atoms with Crippen molar-refractivity contribution in [1.82, 2.24) is 10.2 Å². The van der Waals surface area contributed by atoms with Crippen LogP contribution >= 0.6 is 0 Å². The van der Waals surface area contributed by atoms with Crippen LogP contribution in [-0.4, -0.2) is 22.1 Å². The molecule has 0 bridgehead atoms. The predicted molar refractivity (Wildman–Crippen MR) is 57.3 cm³/mol. The molecule has 1 fully saturated rings. The van der Waals surface area contributed by atoms with E-state index in [2.05, 4.69) is 15.5 Å². The van der Waals surface area contributed by atoms with E-state index in [9.17, 15) is 4.79 Å². The minimum Gasteiger partial charge on any atom is -0.327 e. The number of hydrogen-bond acceptors (Lipinski definition) is 3. The largest absolute Gasteiger partial charge is 0.327 e. The van der Waals surface area contributed by atoms with Crippen LogP contribution in [0.5, 0.6) is 0 Å². The minimum absolute atomic E-state index is 0.00467. The van der Waals surface area contributed by atoms with E-state index in [0.29, 0.717) is 18.2 Å². The van der Waals surface area contributed by atoms with Gasteiger partial charge in [0.25, 0.3) is 0 Å². The van der Waals surface area contributed by atoms with Crippen molar-refractivity contribution < 1.29 is 4.79 Å². The van der Waals surface area contributed by atoms with Crippen molar-refractivity contribution in [2.75, 3.05) is 5.32 Å². The summed E-state index contributed by atoms with van der Waals surface area (Å²) < 4.78 is 0. The summed E-state index contributed by atoms with van der Waals surface area (Å²) in [6, 6.07) is 1.80. The van der Waals surface area contributed by atoms with E-state index in [1.54, 1.807) is 6.07 Å². The standard InChI is InChI=1S/C10H16N4O/c1-6-4-9(14-13-6)12-10(15)5-8(11)7-2-3-7/h4,7-8H,2-3,5,11H2,1H3,(H2,12,13,14,15). The number of carbonyl (C=O) groups excluding carboxylic acids is 1. The van der Waals surface area contributed by atoms with Gasteiger partial charge in [-0.3, -0.25) is 9.89 Å². The van der Waals surface area contributed by atoms with Crippen molar-refractivity contribution >= 4 is 11.7 Å². The Hall–Kier alpha value is -1.36. The van der Waals surface area contributed by atoms with Crippen LogP contribution in [0.3, 0.4) is 0 Å². The van der Waals surface area contributed by atoms with E-state index in [-0.39, 0.29) is 11.9 Å². The number of aromatic amines is 1. The Bertz CT molecular complexity index is 356. The SMILES string of the molecule is Cc1cc(NC(=O)CC(N)C2CC2)n[nH]1. The van der Waals surface area contributed by atoms with Crippen molar-refractivity contribution in [1.29, 1.82) is 0 Å². The van der Waals surface area contributed by atoms with Crippen LogP contribution in [-0.2, 0) is 4.79 Å². The molecule has 5 heteroatoms. The molecule has 1 aromatic heterocycles. The Labute approximate surface area is 88.4 Å². The first-order chi connectivity index (χ1) is 7.15. The highest BCUT2D eigenvalue weighted by atomic mass is 16.1. The summed E-state index contributed by atoms with van der Waals surface area (Å²) in [6.45, 7) is 1.89. The number of anilines is 1. The molecule has 0 spiro atoms. The van der Waals surface area contributed by atoms with Gasteiger partial charge in [0.2, 0.25) is 5.91 Å². The van der Waals surface area contributed by atoms with E-state index < -0.39 is 0 Å². The third kappa shape index (κ3) is 2.79. The highest BCUT2D eigenvalue weighted by Crippen LogP contribution is 2.32.